The molecule has 8 heteroatoms. The summed E-state index contributed by atoms with van der Waals surface area (Å²) >= 11 is 0. The fraction of sp³-hybridized carbons (Fsp3) is 0.143. The fourth-order valence-electron chi connectivity index (χ4n) is 2.02. The zero-order valence-electron chi connectivity index (χ0n) is 11.9. The van der Waals surface area contributed by atoms with E-state index >= 15 is 0 Å². The van der Waals surface area contributed by atoms with Crippen LogP contribution < -0.4 is 11.1 Å². The average molecular weight is 298 g/mol. The second-order valence-corrected chi connectivity index (χ2v) is 4.54. The molecular weight excluding hydrogens is 284 g/mol. The molecule has 0 saturated carbocycles. The van der Waals surface area contributed by atoms with Crippen molar-refractivity contribution in [2.24, 2.45) is 0 Å². The first kappa shape index (κ1) is 13.8. The maximum absolute atomic E-state index is 12.2. The third kappa shape index (κ3) is 2.53. The van der Waals surface area contributed by atoms with Gasteiger partial charge in [-0.3, -0.25) is 10.2 Å². The second-order valence-electron chi connectivity index (χ2n) is 4.54. The molecule has 22 heavy (non-hydrogen) atoms. The maximum Gasteiger partial charge on any atom is 0.364 e. The predicted molar refractivity (Wildman–Crippen MR) is 79.4 cm³/mol. The van der Waals surface area contributed by atoms with Crippen LogP contribution in [0.3, 0.4) is 0 Å². The van der Waals surface area contributed by atoms with Gasteiger partial charge in [0.25, 0.3) is 5.91 Å². The molecule has 3 rings (SSSR count). The van der Waals surface area contributed by atoms with Gasteiger partial charge in [-0.15, -0.1) is 0 Å². The predicted octanol–water partition coefficient (Wildman–Crippen LogP) is 0.634. The Hall–Kier alpha value is -3.16. The van der Waals surface area contributed by atoms with Gasteiger partial charge >= 0.3 is 5.69 Å². The summed E-state index contributed by atoms with van der Waals surface area (Å²) in [5.74, 6) is -0.397. The van der Waals surface area contributed by atoms with Gasteiger partial charge in [-0.05, 0) is 31.2 Å². The van der Waals surface area contributed by atoms with Gasteiger partial charge in [-0.25, -0.2) is 14.2 Å². The van der Waals surface area contributed by atoms with E-state index in [0.717, 1.165) is 10.4 Å². The summed E-state index contributed by atoms with van der Waals surface area (Å²) < 4.78 is 3.96. The van der Waals surface area contributed by atoms with Crippen LogP contribution in [0.15, 0.2) is 53.8 Å². The number of aryl methyl sites for hydroxylation is 1. The second kappa shape index (κ2) is 5.68. The third-order valence-corrected chi connectivity index (χ3v) is 3.13. The molecule has 0 unspecified atom stereocenters. The first-order chi connectivity index (χ1) is 10.7. The van der Waals surface area contributed by atoms with E-state index in [0.29, 0.717) is 12.1 Å². The van der Waals surface area contributed by atoms with E-state index < -0.39 is 5.91 Å². The number of benzene rings is 1. The molecule has 1 aromatic carbocycles. The Bertz CT molecular complexity index is 846. The summed E-state index contributed by atoms with van der Waals surface area (Å²) in [6, 6.07) is 8.75. The van der Waals surface area contributed by atoms with Crippen molar-refractivity contribution in [3.8, 4) is 5.69 Å². The first-order valence-electron chi connectivity index (χ1n) is 6.75. The van der Waals surface area contributed by atoms with Gasteiger partial charge in [0.15, 0.2) is 0 Å². The van der Waals surface area contributed by atoms with E-state index in [4.69, 9.17) is 0 Å². The number of aromatic nitrogens is 5. The summed E-state index contributed by atoms with van der Waals surface area (Å²) in [5, 5.41) is 7.99. The van der Waals surface area contributed by atoms with Crippen molar-refractivity contribution in [3.63, 3.8) is 0 Å². The standard InChI is InChI=1S/C14H14N6O2/c1-2-18-14(22)20(10-16-18)17-13(21)11-5-3-6-12(9-11)19-8-4-7-15-19/h3-10H,2H2,1H3,(H,17,21). The molecule has 0 fully saturated rings. The molecule has 3 aromatic rings. The molecule has 0 aliphatic carbocycles. The number of carbonyl (C=O) groups excluding carboxylic acids is 1. The molecular formula is C14H14N6O2. The number of nitrogens with zero attached hydrogens (tertiary/aromatic N) is 5. The van der Waals surface area contributed by atoms with Crippen LogP contribution in [0.1, 0.15) is 17.3 Å². The van der Waals surface area contributed by atoms with Crippen LogP contribution in [0.4, 0.5) is 0 Å². The molecule has 0 aliphatic rings. The van der Waals surface area contributed by atoms with Gasteiger partial charge in [-0.1, -0.05) is 6.07 Å². The largest absolute Gasteiger partial charge is 0.364 e. The molecule has 0 saturated heterocycles. The van der Waals surface area contributed by atoms with E-state index in [1.165, 1.54) is 11.0 Å². The maximum atomic E-state index is 12.2. The van der Waals surface area contributed by atoms with Crippen molar-refractivity contribution in [2.75, 3.05) is 5.43 Å². The first-order valence-corrected chi connectivity index (χ1v) is 6.75. The third-order valence-electron chi connectivity index (χ3n) is 3.13. The Morgan fingerprint density at radius 3 is 2.82 bits per heavy atom. The average Bonchev–Trinajstić information content (AvgIpc) is 3.18. The zero-order valence-corrected chi connectivity index (χ0v) is 11.9. The number of amides is 1. The Balaban J connectivity index is 1.85. The lowest BCUT2D eigenvalue weighted by molar-refractivity contribution is 0.101. The number of nitrogens with one attached hydrogen (secondary N) is 1. The minimum Gasteiger partial charge on any atom is -0.267 e. The molecule has 0 atom stereocenters. The van der Waals surface area contributed by atoms with E-state index in [9.17, 15) is 9.59 Å². The molecule has 1 amide bonds. The molecule has 0 aliphatic heterocycles. The molecule has 0 bridgehead atoms. The summed E-state index contributed by atoms with van der Waals surface area (Å²) in [5.41, 5.74) is 3.30. The van der Waals surface area contributed by atoms with Crippen LogP contribution in [0, 0.1) is 0 Å². The lowest BCUT2D eigenvalue weighted by atomic mass is 10.2. The minimum atomic E-state index is -0.397. The molecule has 0 spiro atoms. The van der Waals surface area contributed by atoms with E-state index in [2.05, 4.69) is 15.6 Å². The van der Waals surface area contributed by atoms with Crippen LogP contribution >= 0.6 is 0 Å². The minimum absolute atomic E-state index is 0.390. The van der Waals surface area contributed by atoms with Crippen molar-refractivity contribution in [1.29, 1.82) is 0 Å². The topological polar surface area (TPSA) is 86.7 Å². The lowest BCUT2D eigenvalue weighted by Crippen LogP contribution is -2.33. The monoisotopic (exact) mass is 298 g/mol. The van der Waals surface area contributed by atoms with E-state index in [1.807, 2.05) is 6.07 Å². The molecule has 2 aromatic heterocycles. The highest BCUT2D eigenvalue weighted by Crippen LogP contribution is 2.09. The van der Waals surface area contributed by atoms with Gasteiger partial charge < -0.3 is 0 Å². The number of hydrogen-bond donors (Lipinski definition) is 1. The van der Waals surface area contributed by atoms with Crippen molar-refractivity contribution in [1.82, 2.24) is 24.2 Å². The quantitative estimate of drug-likeness (QED) is 0.765. The highest BCUT2D eigenvalue weighted by atomic mass is 16.2. The fourth-order valence-corrected chi connectivity index (χ4v) is 2.02. The van der Waals surface area contributed by atoms with Gasteiger partial charge in [0, 0.05) is 24.5 Å². The summed E-state index contributed by atoms with van der Waals surface area (Å²) in [7, 11) is 0. The van der Waals surface area contributed by atoms with Gasteiger partial charge in [0.1, 0.15) is 6.33 Å². The molecule has 2 heterocycles. The van der Waals surface area contributed by atoms with Gasteiger partial charge in [0.2, 0.25) is 0 Å². The molecule has 112 valence electrons. The Labute approximate surface area is 125 Å². The lowest BCUT2D eigenvalue weighted by Gasteiger charge is -2.06. The summed E-state index contributed by atoms with van der Waals surface area (Å²) in [6.45, 7) is 2.24. The number of rotatable bonds is 4. The van der Waals surface area contributed by atoms with Crippen LogP contribution in [-0.4, -0.2) is 30.1 Å². The number of hydrogen-bond acceptors (Lipinski definition) is 4. The van der Waals surface area contributed by atoms with Crippen LogP contribution in [-0.2, 0) is 6.54 Å². The Morgan fingerprint density at radius 2 is 2.14 bits per heavy atom. The zero-order chi connectivity index (χ0) is 15.5. The van der Waals surface area contributed by atoms with Crippen molar-refractivity contribution in [3.05, 3.63) is 65.1 Å². The van der Waals surface area contributed by atoms with Crippen molar-refractivity contribution in [2.45, 2.75) is 13.5 Å². The van der Waals surface area contributed by atoms with E-state index in [1.54, 1.807) is 48.3 Å². The normalized spacial score (nSPS) is 10.6. The van der Waals surface area contributed by atoms with Gasteiger partial charge in [-0.2, -0.15) is 14.9 Å². The molecule has 0 radical (unpaired) electrons. The summed E-state index contributed by atoms with van der Waals surface area (Å²) in [6.07, 6.45) is 4.72. The van der Waals surface area contributed by atoms with Crippen LogP contribution in [0.25, 0.3) is 5.69 Å². The summed E-state index contributed by atoms with van der Waals surface area (Å²) in [4.78, 5) is 24.1. The highest BCUT2D eigenvalue weighted by molar-refractivity contribution is 6.00. The van der Waals surface area contributed by atoms with Gasteiger partial charge in [0.05, 0.1) is 5.69 Å². The van der Waals surface area contributed by atoms with E-state index in [-0.39, 0.29) is 5.69 Å². The van der Waals surface area contributed by atoms with Crippen molar-refractivity contribution >= 4 is 5.91 Å². The highest BCUT2D eigenvalue weighted by Gasteiger charge is 2.10. The SMILES string of the molecule is CCn1ncn(NC(=O)c2cccc(-n3cccn3)c2)c1=O. The smallest absolute Gasteiger partial charge is 0.267 e. The van der Waals surface area contributed by atoms with Crippen LogP contribution in [0.5, 0.6) is 0 Å². The Morgan fingerprint density at radius 1 is 1.27 bits per heavy atom. The Kier molecular flexibility index (Phi) is 3.57. The van der Waals surface area contributed by atoms with Crippen molar-refractivity contribution < 1.29 is 4.79 Å². The van der Waals surface area contributed by atoms with Crippen LogP contribution in [0.2, 0.25) is 0 Å². The molecule has 1 N–H and O–H groups in total. The number of carbonyl (C=O) groups is 1. The molecule has 8 nitrogen and oxygen atoms in total.